The van der Waals surface area contributed by atoms with Crippen LogP contribution in [0.5, 0.6) is 11.5 Å². The van der Waals surface area contributed by atoms with Gasteiger partial charge in [-0.25, -0.2) is 16.8 Å². The van der Waals surface area contributed by atoms with Crippen LogP contribution in [0.1, 0.15) is 51.0 Å². The van der Waals surface area contributed by atoms with Gasteiger partial charge in [0.05, 0.1) is 25.6 Å². The van der Waals surface area contributed by atoms with Gasteiger partial charge < -0.3 is 24.6 Å². The highest BCUT2D eigenvalue weighted by atomic mass is 32.2. The first-order valence-electron chi connectivity index (χ1n) is 16.1. The normalized spacial score (nSPS) is 16.9. The number of rotatable bonds is 15. The van der Waals surface area contributed by atoms with Crippen LogP contribution in [0, 0.1) is 0 Å². The third kappa shape index (κ3) is 8.42. The molecule has 11 nitrogen and oxygen atoms in total. The molecule has 2 aromatic rings. The minimum Gasteiger partial charge on any atom is -0.493 e. The fraction of sp³-hybridized carbons (Fsp3) is 0.625. The largest absolute Gasteiger partial charge is 0.493 e. The molecule has 0 unspecified atom stereocenters. The molecule has 4 rings (SSSR count). The van der Waals surface area contributed by atoms with Crippen LogP contribution in [-0.2, 0) is 26.5 Å². The van der Waals surface area contributed by atoms with Gasteiger partial charge in [0.2, 0.25) is 20.0 Å². The van der Waals surface area contributed by atoms with Crippen molar-refractivity contribution in [2.75, 3.05) is 90.9 Å². The van der Waals surface area contributed by atoms with E-state index in [-0.39, 0.29) is 9.79 Å². The summed E-state index contributed by atoms with van der Waals surface area (Å²) in [6.07, 6.45) is 5.71. The number of anilines is 2. The predicted octanol–water partition coefficient (Wildman–Crippen LogP) is 4.10. The molecule has 0 bridgehead atoms. The lowest BCUT2D eigenvalue weighted by Crippen LogP contribution is -2.39. The molecule has 1 N–H and O–H groups in total. The van der Waals surface area contributed by atoms with Crippen molar-refractivity contribution in [2.24, 2.45) is 0 Å². The minimum absolute atomic E-state index is 0.0136. The van der Waals surface area contributed by atoms with Gasteiger partial charge in [0.25, 0.3) is 0 Å². The number of sulfonamides is 2. The van der Waals surface area contributed by atoms with E-state index in [1.807, 2.05) is 44.1 Å². The summed E-state index contributed by atoms with van der Waals surface area (Å²) in [7, 11) is -0.779. The van der Waals surface area contributed by atoms with Crippen LogP contribution in [0.4, 0.5) is 11.4 Å². The van der Waals surface area contributed by atoms with Crippen LogP contribution in [0.2, 0.25) is 0 Å². The molecular weight excluding hydrogens is 615 g/mol. The van der Waals surface area contributed by atoms with Gasteiger partial charge in [-0.3, -0.25) is 0 Å². The molecule has 13 heteroatoms. The molecule has 2 aliphatic heterocycles. The molecular formula is C32H51N5O6S2. The van der Waals surface area contributed by atoms with Crippen molar-refractivity contribution >= 4 is 31.4 Å². The number of ether oxygens (including phenoxy) is 2. The minimum atomic E-state index is -3.97. The number of benzene rings is 2. The molecule has 2 heterocycles. The second-order valence-corrected chi connectivity index (χ2v) is 15.8. The van der Waals surface area contributed by atoms with Crippen LogP contribution in [0.25, 0.3) is 0 Å². The molecule has 252 valence electrons. The van der Waals surface area contributed by atoms with E-state index >= 15 is 0 Å². The zero-order valence-electron chi connectivity index (χ0n) is 27.5. The van der Waals surface area contributed by atoms with Crippen LogP contribution in [0.15, 0.2) is 40.1 Å². The van der Waals surface area contributed by atoms with E-state index in [0.717, 1.165) is 44.1 Å². The summed E-state index contributed by atoms with van der Waals surface area (Å²) >= 11 is 0. The van der Waals surface area contributed by atoms with Crippen LogP contribution >= 0.6 is 0 Å². The lowest BCUT2D eigenvalue weighted by Gasteiger charge is -2.32. The van der Waals surface area contributed by atoms with Gasteiger partial charge >= 0.3 is 0 Å². The second kappa shape index (κ2) is 15.8. The van der Waals surface area contributed by atoms with Crippen molar-refractivity contribution in [1.82, 2.24) is 13.5 Å². The van der Waals surface area contributed by atoms with Crippen molar-refractivity contribution in [3.05, 3.63) is 35.9 Å². The Morgan fingerprint density at radius 2 is 1.33 bits per heavy atom. The maximum absolute atomic E-state index is 14.3. The van der Waals surface area contributed by atoms with Gasteiger partial charge in [-0.15, -0.1) is 0 Å². The molecule has 0 spiro atoms. The fourth-order valence-electron chi connectivity index (χ4n) is 5.99. The van der Waals surface area contributed by atoms with Gasteiger partial charge in [0.15, 0.2) is 11.5 Å². The monoisotopic (exact) mass is 665 g/mol. The summed E-state index contributed by atoms with van der Waals surface area (Å²) in [5.74, 6) is 1.26. The first-order valence-corrected chi connectivity index (χ1v) is 18.9. The maximum Gasteiger partial charge on any atom is 0.245 e. The summed E-state index contributed by atoms with van der Waals surface area (Å²) < 4.78 is 70.9. The van der Waals surface area contributed by atoms with Crippen LogP contribution in [0.3, 0.4) is 0 Å². The Hall–Kier alpha value is -2.58. The quantitative estimate of drug-likeness (QED) is 0.301. The highest BCUT2D eigenvalue weighted by Gasteiger charge is 2.35. The molecule has 2 saturated heterocycles. The summed E-state index contributed by atoms with van der Waals surface area (Å²) in [5.41, 5.74) is 1.93. The molecule has 2 aromatic carbocycles. The molecule has 2 fully saturated rings. The molecule has 0 radical (unpaired) electrons. The second-order valence-electron chi connectivity index (χ2n) is 12.0. The standard InChI is InChI=1S/C32H51N5O6S2/c1-6-35(22-21-34(2)3)28-24-27(33-16-15-26-13-14-29(42-4)30(23-26)43-5)31(44(38,39)36-17-9-7-10-18-36)25-32(28)45(40,41)37-19-11-8-12-20-37/h13-14,23-25,33H,6-12,15-22H2,1-5H3. The molecule has 45 heavy (non-hydrogen) atoms. The first kappa shape index (κ1) is 35.3. The van der Waals surface area contributed by atoms with E-state index < -0.39 is 20.0 Å². The van der Waals surface area contributed by atoms with Gasteiger partial charge in [-0.1, -0.05) is 18.9 Å². The SMILES string of the molecule is CCN(CCN(C)C)c1cc(NCCc2ccc(OC)c(OC)c2)c(S(=O)(=O)N2CCCCC2)cc1S(=O)(=O)N1CCCCC1. The average Bonchev–Trinajstić information content (AvgIpc) is 3.05. The topological polar surface area (TPSA) is 112 Å². The molecule has 0 aromatic heterocycles. The Morgan fingerprint density at radius 1 is 0.756 bits per heavy atom. The summed E-state index contributed by atoms with van der Waals surface area (Å²) in [6, 6.07) is 8.89. The van der Waals surface area contributed by atoms with Gasteiger partial charge in [0.1, 0.15) is 9.79 Å². The Morgan fingerprint density at radius 3 is 1.87 bits per heavy atom. The Labute approximate surface area is 270 Å². The number of nitrogens with zero attached hydrogens (tertiary/aromatic N) is 4. The average molecular weight is 666 g/mol. The first-order chi connectivity index (χ1) is 21.5. The van der Waals surface area contributed by atoms with Crippen LogP contribution < -0.4 is 19.7 Å². The predicted molar refractivity (Wildman–Crippen MR) is 180 cm³/mol. The molecule has 0 atom stereocenters. The maximum atomic E-state index is 14.3. The Balaban J connectivity index is 1.81. The Bertz CT molecular complexity index is 1490. The summed E-state index contributed by atoms with van der Waals surface area (Å²) in [5, 5.41) is 3.39. The van der Waals surface area contributed by atoms with E-state index in [1.165, 1.54) is 14.7 Å². The number of likely N-dealkylation sites (N-methyl/N-ethyl adjacent to an activating group) is 2. The molecule has 0 saturated carbocycles. The highest BCUT2D eigenvalue weighted by Crippen LogP contribution is 2.38. The van der Waals surface area contributed by atoms with Crippen molar-refractivity contribution in [3.63, 3.8) is 0 Å². The van der Waals surface area contributed by atoms with Crippen molar-refractivity contribution in [1.29, 1.82) is 0 Å². The molecule has 2 aliphatic rings. The van der Waals surface area contributed by atoms with Crippen molar-refractivity contribution < 1.29 is 26.3 Å². The third-order valence-corrected chi connectivity index (χ3v) is 12.5. The van der Waals surface area contributed by atoms with E-state index in [2.05, 4.69) is 10.2 Å². The van der Waals surface area contributed by atoms with Crippen molar-refractivity contribution in [3.8, 4) is 11.5 Å². The smallest absolute Gasteiger partial charge is 0.245 e. The van der Waals surface area contributed by atoms with E-state index in [9.17, 15) is 16.8 Å². The van der Waals surface area contributed by atoms with Gasteiger partial charge in [0, 0.05) is 52.4 Å². The zero-order chi connectivity index (χ0) is 32.6. The van der Waals surface area contributed by atoms with E-state index in [4.69, 9.17) is 9.47 Å². The fourth-order valence-corrected chi connectivity index (χ4v) is 9.49. The lowest BCUT2D eigenvalue weighted by atomic mass is 10.1. The lowest BCUT2D eigenvalue weighted by molar-refractivity contribution is 0.345. The van der Waals surface area contributed by atoms with Gasteiger partial charge in [-0.05, 0) is 83.0 Å². The Kier molecular flexibility index (Phi) is 12.4. The van der Waals surface area contributed by atoms with Gasteiger partial charge in [-0.2, -0.15) is 8.61 Å². The molecule has 0 aliphatic carbocycles. The van der Waals surface area contributed by atoms with E-state index in [0.29, 0.717) is 81.7 Å². The zero-order valence-corrected chi connectivity index (χ0v) is 29.2. The highest BCUT2D eigenvalue weighted by molar-refractivity contribution is 7.90. The number of nitrogens with one attached hydrogen (secondary N) is 1. The van der Waals surface area contributed by atoms with E-state index in [1.54, 1.807) is 20.3 Å². The number of piperidine rings is 2. The summed E-state index contributed by atoms with van der Waals surface area (Å²) in [6.45, 7) is 6.02. The molecule has 0 amide bonds. The summed E-state index contributed by atoms with van der Waals surface area (Å²) in [4.78, 5) is 4.16. The number of methoxy groups -OCH3 is 2. The number of hydrogen-bond donors (Lipinski definition) is 1. The van der Waals surface area contributed by atoms with Crippen LogP contribution in [-0.4, -0.2) is 111 Å². The third-order valence-electron chi connectivity index (χ3n) is 8.64. The van der Waals surface area contributed by atoms with Crippen molar-refractivity contribution in [2.45, 2.75) is 61.7 Å². The number of hydrogen-bond acceptors (Lipinski definition) is 9.